The molecular weight excluding hydrogens is 336 g/mol. The van der Waals surface area contributed by atoms with Crippen LogP contribution in [0.1, 0.15) is 34.9 Å². The lowest BCUT2D eigenvalue weighted by molar-refractivity contribution is -0.142. The van der Waals surface area contributed by atoms with Crippen LogP contribution in [-0.4, -0.2) is 41.0 Å². The summed E-state index contributed by atoms with van der Waals surface area (Å²) in [6, 6.07) is 11.3. The first kappa shape index (κ1) is 17.6. The summed E-state index contributed by atoms with van der Waals surface area (Å²) in [5.41, 5.74) is 2.19. The first-order valence-electron chi connectivity index (χ1n) is 8.41. The van der Waals surface area contributed by atoms with Crippen LogP contribution < -0.4 is 5.32 Å². The molecule has 25 heavy (non-hydrogen) atoms. The van der Waals surface area contributed by atoms with Crippen molar-refractivity contribution in [1.29, 1.82) is 0 Å². The Morgan fingerprint density at radius 3 is 2.72 bits per heavy atom. The highest BCUT2D eigenvalue weighted by Crippen LogP contribution is 2.26. The fraction of sp³-hybridized carbons (Fsp3) is 0.368. The summed E-state index contributed by atoms with van der Waals surface area (Å²) in [5, 5.41) is 14.3. The number of likely N-dealkylation sites (tertiary alicyclic amines) is 1. The zero-order chi connectivity index (χ0) is 17.8. The van der Waals surface area contributed by atoms with Crippen molar-refractivity contribution in [2.45, 2.75) is 31.8 Å². The number of aryl methyl sites for hydroxylation is 1. The molecule has 1 amide bonds. The number of nitrogens with one attached hydrogen (secondary N) is 1. The van der Waals surface area contributed by atoms with E-state index in [0.717, 1.165) is 16.9 Å². The van der Waals surface area contributed by atoms with Crippen LogP contribution >= 0.6 is 11.3 Å². The molecule has 1 aromatic heterocycles. The highest BCUT2D eigenvalue weighted by atomic mass is 32.1. The minimum Gasteiger partial charge on any atom is -0.480 e. The van der Waals surface area contributed by atoms with E-state index in [0.29, 0.717) is 13.0 Å². The van der Waals surface area contributed by atoms with Crippen molar-refractivity contribution in [1.82, 2.24) is 10.2 Å². The standard InChI is InChI=1S/C19H22N2O3S/c1-13-6-8-14(9-7-13)18(16-5-3-11-25-16)20-17(22)12-21-10-2-4-15(21)19(23)24/h3,5-9,11,15,18H,2,4,10,12H2,1H3,(H,20,22)(H,23,24)/t15-,18?/m0/s1. The van der Waals surface area contributed by atoms with Gasteiger partial charge in [0.15, 0.2) is 0 Å². The van der Waals surface area contributed by atoms with Gasteiger partial charge in [-0.1, -0.05) is 35.9 Å². The van der Waals surface area contributed by atoms with Crippen molar-refractivity contribution >= 4 is 23.2 Å². The molecule has 1 fully saturated rings. The Morgan fingerprint density at radius 2 is 2.08 bits per heavy atom. The van der Waals surface area contributed by atoms with Gasteiger partial charge >= 0.3 is 5.97 Å². The SMILES string of the molecule is Cc1ccc(C(NC(=O)CN2CCC[C@H]2C(=O)O)c2cccs2)cc1. The van der Waals surface area contributed by atoms with E-state index in [9.17, 15) is 14.7 Å². The number of hydrogen-bond acceptors (Lipinski definition) is 4. The molecule has 0 spiro atoms. The maximum atomic E-state index is 12.6. The predicted molar refractivity (Wildman–Crippen MR) is 97.7 cm³/mol. The van der Waals surface area contributed by atoms with Crippen molar-refractivity contribution in [3.8, 4) is 0 Å². The second-order valence-electron chi connectivity index (χ2n) is 6.39. The van der Waals surface area contributed by atoms with Crippen LogP contribution in [0.4, 0.5) is 0 Å². The number of carboxylic acid groups (broad SMARTS) is 1. The molecule has 0 radical (unpaired) electrons. The number of rotatable bonds is 6. The Balaban J connectivity index is 1.73. The van der Waals surface area contributed by atoms with Gasteiger partial charge in [-0.2, -0.15) is 0 Å². The molecule has 1 aliphatic heterocycles. The second-order valence-corrected chi connectivity index (χ2v) is 7.37. The number of nitrogens with zero attached hydrogens (tertiary/aromatic N) is 1. The first-order valence-corrected chi connectivity index (χ1v) is 9.29. The maximum Gasteiger partial charge on any atom is 0.320 e. The van der Waals surface area contributed by atoms with E-state index >= 15 is 0 Å². The van der Waals surface area contributed by atoms with Gasteiger partial charge in [0.25, 0.3) is 0 Å². The number of carbonyl (C=O) groups excluding carboxylic acids is 1. The molecule has 1 unspecified atom stereocenters. The van der Waals surface area contributed by atoms with E-state index in [2.05, 4.69) is 5.32 Å². The van der Waals surface area contributed by atoms with Gasteiger partial charge in [0.05, 0.1) is 12.6 Å². The molecule has 2 heterocycles. The average molecular weight is 358 g/mol. The van der Waals surface area contributed by atoms with Gasteiger partial charge in [-0.3, -0.25) is 14.5 Å². The summed E-state index contributed by atoms with van der Waals surface area (Å²) in [5.74, 6) is -0.995. The summed E-state index contributed by atoms with van der Waals surface area (Å²) in [4.78, 5) is 26.7. The molecular formula is C19H22N2O3S. The Kier molecular flexibility index (Phi) is 5.50. The smallest absolute Gasteiger partial charge is 0.320 e. The average Bonchev–Trinajstić information content (AvgIpc) is 3.25. The van der Waals surface area contributed by atoms with Crippen molar-refractivity contribution < 1.29 is 14.7 Å². The number of hydrogen-bond donors (Lipinski definition) is 2. The van der Waals surface area contributed by atoms with Gasteiger partial charge in [0, 0.05) is 4.88 Å². The monoisotopic (exact) mass is 358 g/mol. The molecule has 1 saturated heterocycles. The summed E-state index contributed by atoms with van der Waals surface area (Å²) in [6.45, 7) is 2.80. The Hall–Kier alpha value is -2.18. The molecule has 132 valence electrons. The Bertz CT molecular complexity index is 728. The molecule has 0 bridgehead atoms. The first-order chi connectivity index (χ1) is 12.0. The quantitative estimate of drug-likeness (QED) is 0.833. The van der Waals surface area contributed by atoms with Crippen molar-refractivity contribution in [3.63, 3.8) is 0 Å². The molecule has 2 aromatic rings. The van der Waals surface area contributed by atoms with Gasteiger partial charge in [-0.15, -0.1) is 11.3 Å². The largest absolute Gasteiger partial charge is 0.480 e. The van der Waals surface area contributed by atoms with E-state index in [1.165, 1.54) is 5.56 Å². The third-order valence-corrected chi connectivity index (χ3v) is 5.48. The zero-order valence-corrected chi connectivity index (χ0v) is 15.0. The van der Waals surface area contributed by atoms with Crippen molar-refractivity contribution in [3.05, 3.63) is 57.8 Å². The zero-order valence-electron chi connectivity index (χ0n) is 14.1. The number of benzene rings is 1. The number of carbonyl (C=O) groups is 2. The number of amides is 1. The van der Waals surface area contributed by atoms with E-state index in [4.69, 9.17) is 0 Å². The van der Waals surface area contributed by atoms with Gasteiger partial charge in [-0.05, 0) is 43.3 Å². The van der Waals surface area contributed by atoms with Crippen LogP contribution in [0.5, 0.6) is 0 Å². The number of thiophene rings is 1. The predicted octanol–water partition coefficient (Wildman–Crippen LogP) is 2.81. The molecule has 2 atom stereocenters. The van der Waals surface area contributed by atoms with E-state index < -0.39 is 12.0 Å². The number of carboxylic acids is 1. The summed E-state index contributed by atoms with van der Waals surface area (Å²) < 4.78 is 0. The molecule has 3 rings (SSSR count). The molecule has 6 heteroatoms. The fourth-order valence-electron chi connectivity index (χ4n) is 3.22. The Labute approximate surface area is 151 Å². The van der Waals surface area contributed by atoms with Crippen molar-refractivity contribution in [2.75, 3.05) is 13.1 Å². The van der Waals surface area contributed by atoms with E-state index in [1.807, 2.05) is 48.7 Å². The number of aliphatic carboxylic acids is 1. The van der Waals surface area contributed by atoms with Gasteiger partial charge in [0.1, 0.15) is 6.04 Å². The molecule has 2 N–H and O–H groups in total. The van der Waals surface area contributed by atoms with Crippen LogP contribution in [0, 0.1) is 6.92 Å². The molecule has 1 aromatic carbocycles. The van der Waals surface area contributed by atoms with Crippen LogP contribution in [0.3, 0.4) is 0 Å². The highest BCUT2D eigenvalue weighted by molar-refractivity contribution is 7.10. The highest BCUT2D eigenvalue weighted by Gasteiger charge is 2.32. The topological polar surface area (TPSA) is 69.6 Å². The Morgan fingerprint density at radius 1 is 1.32 bits per heavy atom. The van der Waals surface area contributed by atoms with Crippen LogP contribution in [0.15, 0.2) is 41.8 Å². The van der Waals surface area contributed by atoms with Gasteiger partial charge < -0.3 is 10.4 Å². The third-order valence-electron chi connectivity index (χ3n) is 4.54. The van der Waals surface area contributed by atoms with Gasteiger partial charge in [0.2, 0.25) is 5.91 Å². The third kappa shape index (κ3) is 4.27. The summed E-state index contributed by atoms with van der Waals surface area (Å²) in [7, 11) is 0. The van der Waals surface area contributed by atoms with Crippen LogP contribution in [-0.2, 0) is 9.59 Å². The minimum absolute atomic E-state index is 0.116. The fourth-order valence-corrected chi connectivity index (χ4v) is 4.02. The summed E-state index contributed by atoms with van der Waals surface area (Å²) in [6.07, 6.45) is 1.42. The lowest BCUT2D eigenvalue weighted by Crippen LogP contribution is -2.43. The normalized spacial score (nSPS) is 18.8. The molecule has 0 aliphatic carbocycles. The molecule has 1 aliphatic rings. The maximum absolute atomic E-state index is 12.6. The van der Waals surface area contributed by atoms with Crippen molar-refractivity contribution in [2.24, 2.45) is 0 Å². The van der Waals surface area contributed by atoms with E-state index in [1.54, 1.807) is 16.2 Å². The van der Waals surface area contributed by atoms with E-state index in [-0.39, 0.29) is 18.5 Å². The molecule has 5 nitrogen and oxygen atoms in total. The molecule has 0 saturated carbocycles. The van der Waals surface area contributed by atoms with Crippen LogP contribution in [0.2, 0.25) is 0 Å². The summed E-state index contributed by atoms with van der Waals surface area (Å²) >= 11 is 1.60. The minimum atomic E-state index is -0.848. The second kappa shape index (κ2) is 7.80. The lowest BCUT2D eigenvalue weighted by Gasteiger charge is -2.23. The van der Waals surface area contributed by atoms with Crippen LogP contribution in [0.25, 0.3) is 0 Å². The lowest BCUT2D eigenvalue weighted by atomic mass is 10.0. The van der Waals surface area contributed by atoms with Gasteiger partial charge in [-0.25, -0.2) is 0 Å².